The highest BCUT2D eigenvalue weighted by Gasteiger charge is 2.36. The number of nitriles is 1. The quantitative estimate of drug-likeness (QED) is 0.226. The normalized spacial score (nSPS) is 15.0. The molecule has 0 saturated heterocycles. The Morgan fingerprint density at radius 2 is 1.67 bits per heavy atom. The molecule has 0 saturated carbocycles. The van der Waals surface area contributed by atoms with Crippen molar-refractivity contribution < 1.29 is 22.4 Å². The maximum Gasteiger partial charge on any atom is 0.271 e. The molecule has 1 aromatic heterocycles. The van der Waals surface area contributed by atoms with Crippen LogP contribution in [0.4, 0.5) is 4.39 Å². The summed E-state index contributed by atoms with van der Waals surface area (Å²) in [7, 11) is -0.865. The van der Waals surface area contributed by atoms with E-state index in [9.17, 15) is 27.7 Å². The monoisotopic (exact) mass is 595 g/mol. The molecule has 216 valence electrons. The van der Waals surface area contributed by atoms with Crippen LogP contribution in [0.5, 0.6) is 0 Å². The van der Waals surface area contributed by atoms with Gasteiger partial charge in [0.25, 0.3) is 11.8 Å². The van der Waals surface area contributed by atoms with Gasteiger partial charge >= 0.3 is 0 Å². The summed E-state index contributed by atoms with van der Waals surface area (Å²) in [5.74, 6) is -1.83. The number of para-hydroxylation sites is 1. The van der Waals surface area contributed by atoms with E-state index in [0.717, 1.165) is 14.9 Å². The summed E-state index contributed by atoms with van der Waals surface area (Å²) in [6.07, 6.45) is 3.24. The molecule has 0 atom stereocenters. The number of halogens is 1. The third kappa shape index (κ3) is 5.66. The van der Waals surface area contributed by atoms with E-state index in [4.69, 9.17) is 5.10 Å². The zero-order valence-electron chi connectivity index (χ0n) is 23.5. The lowest BCUT2D eigenvalue weighted by Gasteiger charge is -2.27. The number of benzene rings is 3. The van der Waals surface area contributed by atoms with Crippen LogP contribution in [0.25, 0.3) is 23.0 Å². The molecule has 3 aromatic carbocycles. The molecule has 43 heavy (non-hydrogen) atoms. The zero-order chi connectivity index (χ0) is 30.9. The minimum atomic E-state index is -3.75. The SMILES string of the molecule is CC1=C(C#N)C(=O)N(Cc2ccc(F)cc2)C(=O)/C1=C/c1cn(-c2ccccc2)nc1-c1cccc(S(=O)(=O)N(C)C)c1. The van der Waals surface area contributed by atoms with Crippen LogP contribution < -0.4 is 0 Å². The van der Waals surface area contributed by atoms with Gasteiger partial charge in [0.2, 0.25) is 10.0 Å². The number of carbonyl (C=O) groups is 2. The summed E-state index contributed by atoms with van der Waals surface area (Å²) in [4.78, 5) is 28.0. The number of aromatic nitrogens is 2. The first-order valence-electron chi connectivity index (χ1n) is 13.1. The zero-order valence-corrected chi connectivity index (χ0v) is 24.3. The molecule has 0 bridgehead atoms. The number of nitrogens with zero attached hydrogens (tertiary/aromatic N) is 5. The van der Waals surface area contributed by atoms with Crippen molar-refractivity contribution in [1.82, 2.24) is 19.0 Å². The highest BCUT2D eigenvalue weighted by atomic mass is 32.2. The molecule has 0 N–H and O–H groups in total. The van der Waals surface area contributed by atoms with Gasteiger partial charge < -0.3 is 0 Å². The van der Waals surface area contributed by atoms with E-state index in [2.05, 4.69) is 0 Å². The van der Waals surface area contributed by atoms with Crippen molar-refractivity contribution >= 4 is 27.9 Å². The smallest absolute Gasteiger partial charge is 0.269 e. The second kappa shape index (κ2) is 11.6. The molecule has 0 aliphatic carbocycles. The Bertz CT molecular complexity index is 1950. The fourth-order valence-electron chi connectivity index (χ4n) is 4.65. The molecule has 11 heteroatoms. The number of sulfonamides is 1. The highest BCUT2D eigenvalue weighted by molar-refractivity contribution is 7.89. The number of rotatable bonds is 7. The van der Waals surface area contributed by atoms with Gasteiger partial charge in [-0.3, -0.25) is 14.5 Å². The van der Waals surface area contributed by atoms with Crippen molar-refractivity contribution in [3.8, 4) is 23.0 Å². The summed E-state index contributed by atoms with van der Waals surface area (Å²) in [6.45, 7) is 1.37. The van der Waals surface area contributed by atoms with E-state index in [-0.39, 0.29) is 28.2 Å². The van der Waals surface area contributed by atoms with Crippen LogP contribution in [0.2, 0.25) is 0 Å². The summed E-state index contributed by atoms with van der Waals surface area (Å²) < 4.78 is 42.0. The highest BCUT2D eigenvalue weighted by Crippen LogP contribution is 2.32. The van der Waals surface area contributed by atoms with Gasteiger partial charge in [0.15, 0.2) is 0 Å². The predicted octanol–water partition coefficient (Wildman–Crippen LogP) is 4.72. The molecule has 0 fully saturated rings. The molecule has 5 rings (SSSR count). The Labute approximate surface area is 248 Å². The van der Waals surface area contributed by atoms with Crippen molar-refractivity contribution in [2.75, 3.05) is 14.1 Å². The van der Waals surface area contributed by atoms with Gasteiger partial charge in [0, 0.05) is 37.0 Å². The van der Waals surface area contributed by atoms with Gasteiger partial charge in [0.1, 0.15) is 23.2 Å². The van der Waals surface area contributed by atoms with Crippen LogP contribution in [-0.4, -0.2) is 53.3 Å². The summed E-state index contributed by atoms with van der Waals surface area (Å²) >= 11 is 0. The fourth-order valence-corrected chi connectivity index (χ4v) is 5.59. The van der Waals surface area contributed by atoms with Gasteiger partial charge in [-0.1, -0.05) is 42.5 Å². The van der Waals surface area contributed by atoms with E-state index in [1.165, 1.54) is 57.4 Å². The number of amides is 2. The van der Waals surface area contributed by atoms with E-state index < -0.39 is 27.7 Å². The second-order valence-corrected chi connectivity index (χ2v) is 12.2. The lowest BCUT2D eigenvalue weighted by Crippen LogP contribution is -2.42. The van der Waals surface area contributed by atoms with Crippen molar-refractivity contribution in [2.24, 2.45) is 0 Å². The van der Waals surface area contributed by atoms with Crippen molar-refractivity contribution in [1.29, 1.82) is 5.26 Å². The lowest BCUT2D eigenvalue weighted by atomic mass is 9.93. The van der Waals surface area contributed by atoms with Gasteiger partial charge in [-0.15, -0.1) is 0 Å². The first-order chi connectivity index (χ1) is 20.5. The van der Waals surface area contributed by atoms with Crippen LogP contribution in [0, 0.1) is 17.1 Å². The van der Waals surface area contributed by atoms with Crippen LogP contribution in [0.3, 0.4) is 0 Å². The topological polar surface area (TPSA) is 116 Å². The van der Waals surface area contributed by atoms with Gasteiger partial charge in [-0.25, -0.2) is 21.8 Å². The van der Waals surface area contributed by atoms with Crippen molar-refractivity contribution in [2.45, 2.75) is 18.4 Å². The largest absolute Gasteiger partial charge is 0.271 e. The number of hydrogen-bond acceptors (Lipinski definition) is 6. The lowest BCUT2D eigenvalue weighted by molar-refractivity contribution is -0.141. The average Bonchev–Trinajstić information content (AvgIpc) is 3.43. The Balaban J connectivity index is 1.68. The Morgan fingerprint density at radius 3 is 2.33 bits per heavy atom. The fraction of sp³-hybridized carbons (Fsp3) is 0.125. The maximum atomic E-state index is 13.8. The summed E-state index contributed by atoms with van der Waals surface area (Å²) in [5.41, 5.74) is 2.67. The Hall–Kier alpha value is -5.18. The minimum absolute atomic E-state index is 0.0653. The van der Waals surface area contributed by atoms with Gasteiger partial charge in [0.05, 0.1) is 17.1 Å². The third-order valence-electron chi connectivity index (χ3n) is 7.03. The number of carbonyl (C=O) groups excluding carboxylic acids is 2. The van der Waals surface area contributed by atoms with Crippen LogP contribution >= 0.6 is 0 Å². The minimum Gasteiger partial charge on any atom is -0.269 e. The van der Waals surface area contributed by atoms with Crippen LogP contribution in [-0.2, 0) is 26.2 Å². The first-order valence-corrected chi connectivity index (χ1v) is 14.6. The van der Waals surface area contributed by atoms with Gasteiger partial charge in [-0.05, 0) is 60.5 Å². The predicted molar refractivity (Wildman–Crippen MR) is 158 cm³/mol. The first kappa shape index (κ1) is 29.3. The maximum absolute atomic E-state index is 13.8. The Kier molecular flexibility index (Phi) is 7.91. The van der Waals surface area contributed by atoms with Crippen LogP contribution in [0.15, 0.2) is 107 Å². The van der Waals surface area contributed by atoms with E-state index in [0.29, 0.717) is 22.4 Å². The van der Waals surface area contributed by atoms with Crippen molar-refractivity contribution in [3.05, 3.63) is 119 Å². The molecule has 1 aliphatic heterocycles. The summed E-state index contributed by atoms with van der Waals surface area (Å²) in [6, 6.07) is 22.8. The Morgan fingerprint density at radius 1 is 0.977 bits per heavy atom. The summed E-state index contributed by atoms with van der Waals surface area (Å²) in [5, 5.41) is 14.6. The molecule has 0 radical (unpaired) electrons. The molecule has 0 unspecified atom stereocenters. The average molecular weight is 596 g/mol. The van der Waals surface area contributed by atoms with Crippen LogP contribution in [0.1, 0.15) is 18.1 Å². The molecule has 4 aromatic rings. The molecule has 2 heterocycles. The molecule has 0 spiro atoms. The molecule has 9 nitrogen and oxygen atoms in total. The molecular weight excluding hydrogens is 569 g/mol. The second-order valence-electron chi connectivity index (χ2n) is 10.0. The van der Waals surface area contributed by atoms with Crippen molar-refractivity contribution in [3.63, 3.8) is 0 Å². The van der Waals surface area contributed by atoms with E-state index in [1.54, 1.807) is 29.1 Å². The molecular formula is C32H26FN5O4S. The third-order valence-corrected chi connectivity index (χ3v) is 8.84. The van der Waals surface area contributed by atoms with Gasteiger partial charge in [-0.2, -0.15) is 10.4 Å². The van der Waals surface area contributed by atoms with E-state index in [1.807, 2.05) is 36.4 Å². The standard InChI is InChI=1S/C32H26FN5O4S/c1-21-28(31(39)37(32(40)29(21)18-34)19-22-12-14-25(33)15-13-22)17-24-20-38(26-9-5-4-6-10-26)35-30(24)23-8-7-11-27(16-23)43(41,42)36(2)3/h4-17,20H,19H2,1-3H3/b28-17+. The number of imide groups is 1. The van der Waals surface area contributed by atoms with E-state index >= 15 is 0 Å². The number of hydrogen-bond donors (Lipinski definition) is 0. The molecule has 2 amide bonds. The molecule has 1 aliphatic rings.